The number of amides is 1. The lowest BCUT2D eigenvalue weighted by Crippen LogP contribution is -2.56. The second kappa shape index (κ2) is 3.64. The largest absolute Gasteiger partial charge is 0.377 e. The summed E-state index contributed by atoms with van der Waals surface area (Å²) < 4.78 is 4.95. The van der Waals surface area contributed by atoms with Gasteiger partial charge < -0.3 is 15.8 Å². The lowest BCUT2D eigenvalue weighted by atomic mass is 9.87. The van der Waals surface area contributed by atoms with Crippen LogP contribution in [0, 0.1) is 5.41 Å². The highest BCUT2D eigenvalue weighted by atomic mass is 16.5. The molecule has 1 amide bonds. The van der Waals surface area contributed by atoms with E-state index in [9.17, 15) is 4.79 Å². The third-order valence-corrected chi connectivity index (χ3v) is 2.20. The zero-order valence-corrected chi connectivity index (χ0v) is 8.46. The Balaban J connectivity index is 2.37. The van der Waals surface area contributed by atoms with Crippen molar-refractivity contribution in [1.82, 2.24) is 5.32 Å². The maximum absolute atomic E-state index is 11.5. The van der Waals surface area contributed by atoms with Crippen LogP contribution in [0.1, 0.15) is 20.8 Å². The molecule has 4 heteroatoms. The molecule has 0 aromatic heterocycles. The highest BCUT2D eigenvalue weighted by molar-refractivity contribution is 5.82. The van der Waals surface area contributed by atoms with Gasteiger partial charge >= 0.3 is 0 Å². The fraction of sp³-hybridized carbons (Fsp3) is 0.889. The number of nitrogens with two attached hydrogens (primary N) is 1. The third kappa shape index (κ3) is 2.67. The molecule has 1 rings (SSSR count). The van der Waals surface area contributed by atoms with Crippen molar-refractivity contribution >= 4 is 5.91 Å². The summed E-state index contributed by atoms with van der Waals surface area (Å²) in [5.74, 6) is -0.0826. The van der Waals surface area contributed by atoms with Crippen molar-refractivity contribution in [3.63, 3.8) is 0 Å². The average molecular weight is 186 g/mol. The summed E-state index contributed by atoms with van der Waals surface area (Å²) in [6.07, 6.45) is 0. The molecule has 0 spiro atoms. The average Bonchev–Trinajstić information content (AvgIpc) is 1.93. The molecule has 3 N–H and O–H groups in total. The fourth-order valence-electron chi connectivity index (χ4n) is 1.00. The SMILES string of the molecule is CC(C)(C)C(N)C(=O)NC1COC1. The molecule has 0 aliphatic carbocycles. The molecule has 1 saturated heterocycles. The molecule has 1 heterocycles. The molecule has 1 fully saturated rings. The van der Waals surface area contributed by atoms with Gasteiger partial charge in [0.05, 0.1) is 25.3 Å². The normalized spacial score (nSPS) is 20.6. The number of nitrogens with one attached hydrogen (secondary N) is 1. The first-order chi connectivity index (χ1) is 5.91. The third-order valence-electron chi connectivity index (χ3n) is 2.20. The Bertz CT molecular complexity index is 194. The van der Waals surface area contributed by atoms with Crippen LogP contribution >= 0.6 is 0 Å². The van der Waals surface area contributed by atoms with Crippen molar-refractivity contribution in [1.29, 1.82) is 0 Å². The Hall–Kier alpha value is -0.610. The molecule has 0 aromatic rings. The number of hydrogen-bond acceptors (Lipinski definition) is 3. The van der Waals surface area contributed by atoms with E-state index in [4.69, 9.17) is 10.5 Å². The Morgan fingerprint density at radius 1 is 1.54 bits per heavy atom. The van der Waals surface area contributed by atoms with Crippen LogP contribution in [0.2, 0.25) is 0 Å². The first kappa shape index (κ1) is 10.5. The van der Waals surface area contributed by atoms with E-state index in [1.807, 2.05) is 20.8 Å². The summed E-state index contributed by atoms with van der Waals surface area (Å²) in [7, 11) is 0. The first-order valence-corrected chi connectivity index (χ1v) is 4.55. The van der Waals surface area contributed by atoms with Crippen molar-refractivity contribution < 1.29 is 9.53 Å². The Morgan fingerprint density at radius 2 is 2.08 bits per heavy atom. The second-order valence-corrected chi connectivity index (χ2v) is 4.59. The van der Waals surface area contributed by atoms with Gasteiger partial charge in [-0.05, 0) is 5.41 Å². The van der Waals surface area contributed by atoms with Crippen LogP contribution in [-0.4, -0.2) is 31.2 Å². The lowest BCUT2D eigenvalue weighted by molar-refractivity contribution is -0.128. The summed E-state index contributed by atoms with van der Waals surface area (Å²) in [4.78, 5) is 11.5. The van der Waals surface area contributed by atoms with Crippen molar-refractivity contribution in [2.45, 2.75) is 32.9 Å². The van der Waals surface area contributed by atoms with Gasteiger partial charge in [0.1, 0.15) is 0 Å². The topological polar surface area (TPSA) is 64.4 Å². The molecule has 0 saturated carbocycles. The minimum atomic E-state index is -0.451. The summed E-state index contributed by atoms with van der Waals surface area (Å²) in [5, 5.41) is 2.83. The number of hydrogen-bond donors (Lipinski definition) is 2. The van der Waals surface area contributed by atoms with E-state index < -0.39 is 6.04 Å². The molecule has 0 aromatic carbocycles. The number of rotatable bonds is 2. The molecule has 13 heavy (non-hydrogen) atoms. The van der Waals surface area contributed by atoms with E-state index in [0.29, 0.717) is 13.2 Å². The van der Waals surface area contributed by atoms with Crippen LogP contribution in [-0.2, 0) is 9.53 Å². The Kier molecular flexibility index (Phi) is 2.93. The van der Waals surface area contributed by atoms with Crippen LogP contribution in [0.3, 0.4) is 0 Å². The summed E-state index contributed by atoms with van der Waals surface area (Å²) in [5.41, 5.74) is 5.58. The molecule has 1 aliphatic heterocycles. The van der Waals surface area contributed by atoms with Crippen molar-refractivity contribution in [3.05, 3.63) is 0 Å². The summed E-state index contributed by atoms with van der Waals surface area (Å²) in [6.45, 7) is 7.09. The van der Waals surface area contributed by atoms with E-state index >= 15 is 0 Å². The van der Waals surface area contributed by atoms with Crippen LogP contribution in [0.4, 0.5) is 0 Å². The molecule has 1 atom stereocenters. The smallest absolute Gasteiger partial charge is 0.237 e. The number of carbonyl (C=O) groups excluding carboxylic acids is 1. The maximum atomic E-state index is 11.5. The van der Waals surface area contributed by atoms with Gasteiger partial charge in [-0.2, -0.15) is 0 Å². The van der Waals surface area contributed by atoms with Crippen molar-refractivity contribution in [3.8, 4) is 0 Å². The quantitative estimate of drug-likeness (QED) is 0.631. The van der Waals surface area contributed by atoms with Crippen LogP contribution in [0.25, 0.3) is 0 Å². The zero-order chi connectivity index (χ0) is 10.1. The minimum Gasteiger partial charge on any atom is -0.377 e. The number of carbonyl (C=O) groups is 1. The van der Waals surface area contributed by atoms with Gasteiger partial charge in [0, 0.05) is 0 Å². The molecule has 0 bridgehead atoms. The summed E-state index contributed by atoms with van der Waals surface area (Å²) >= 11 is 0. The molecular weight excluding hydrogens is 168 g/mol. The van der Waals surface area contributed by atoms with Crippen molar-refractivity contribution in [2.24, 2.45) is 11.1 Å². The minimum absolute atomic E-state index is 0.0826. The first-order valence-electron chi connectivity index (χ1n) is 4.55. The Labute approximate surface area is 78.8 Å². The van der Waals surface area contributed by atoms with Gasteiger partial charge in [-0.3, -0.25) is 4.79 Å². The van der Waals surface area contributed by atoms with Crippen LogP contribution < -0.4 is 11.1 Å². The predicted octanol–water partition coefficient (Wildman–Crippen LogP) is -0.125. The molecular formula is C9H18N2O2. The molecule has 76 valence electrons. The molecule has 0 radical (unpaired) electrons. The predicted molar refractivity (Wildman–Crippen MR) is 50.2 cm³/mol. The van der Waals surface area contributed by atoms with Crippen LogP contribution in [0.15, 0.2) is 0 Å². The highest BCUT2D eigenvalue weighted by Crippen LogP contribution is 2.17. The fourth-order valence-corrected chi connectivity index (χ4v) is 1.00. The molecule has 4 nitrogen and oxygen atoms in total. The zero-order valence-electron chi connectivity index (χ0n) is 8.46. The highest BCUT2D eigenvalue weighted by Gasteiger charge is 2.30. The van der Waals surface area contributed by atoms with E-state index in [2.05, 4.69) is 5.32 Å². The van der Waals surface area contributed by atoms with E-state index in [1.165, 1.54) is 0 Å². The van der Waals surface area contributed by atoms with Gasteiger partial charge in [-0.1, -0.05) is 20.8 Å². The second-order valence-electron chi connectivity index (χ2n) is 4.59. The van der Waals surface area contributed by atoms with Gasteiger partial charge in [0.2, 0.25) is 5.91 Å². The Morgan fingerprint density at radius 3 is 2.38 bits per heavy atom. The molecule has 1 unspecified atom stereocenters. The summed E-state index contributed by atoms with van der Waals surface area (Å²) in [6, 6.07) is -0.283. The standard InChI is InChI=1S/C9H18N2O2/c1-9(2,3)7(10)8(12)11-6-4-13-5-6/h6-7H,4-5,10H2,1-3H3,(H,11,12). The van der Waals surface area contributed by atoms with Gasteiger partial charge in [-0.25, -0.2) is 0 Å². The van der Waals surface area contributed by atoms with Gasteiger partial charge in [0.15, 0.2) is 0 Å². The van der Waals surface area contributed by atoms with Gasteiger partial charge in [-0.15, -0.1) is 0 Å². The monoisotopic (exact) mass is 186 g/mol. The van der Waals surface area contributed by atoms with Crippen molar-refractivity contribution in [2.75, 3.05) is 13.2 Å². The van der Waals surface area contributed by atoms with E-state index in [0.717, 1.165) is 0 Å². The number of ether oxygens (including phenoxy) is 1. The van der Waals surface area contributed by atoms with E-state index in [-0.39, 0.29) is 17.4 Å². The van der Waals surface area contributed by atoms with Gasteiger partial charge in [0.25, 0.3) is 0 Å². The van der Waals surface area contributed by atoms with Crippen LogP contribution in [0.5, 0.6) is 0 Å². The lowest BCUT2D eigenvalue weighted by Gasteiger charge is -2.31. The van der Waals surface area contributed by atoms with E-state index in [1.54, 1.807) is 0 Å². The molecule has 1 aliphatic rings. The maximum Gasteiger partial charge on any atom is 0.237 e.